The zero-order valence-corrected chi connectivity index (χ0v) is 9.57. The second kappa shape index (κ2) is 5.06. The van der Waals surface area contributed by atoms with Crippen molar-refractivity contribution in [1.29, 1.82) is 0 Å². The van der Waals surface area contributed by atoms with Crippen LogP contribution in [0.3, 0.4) is 0 Å². The number of hydrogen-bond donors (Lipinski definition) is 0. The third-order valence-electron chi connectivity index (χ3n) is 3.06. The lowest BCUT2D eigenvalue weighted by atomic mass is 9.79. The van der Waals surface area contributed by atoms with Crippen molar-refractivity contribution in [2.45, 2.75) is 45.4 Å². The maximum atomic E-state index is 4.02. The van der Waals surface area contributed by atoms with Crippen LogP contribution in [0.15, 0.2) is 11.1 Å². The van der Waals surface area contributed by atoms with Crippen molar-refractivity contribution in [3.05, 3.63) is 11.1 Å². The zero-order chi connectivity index (χ0) is 8.97. The maximum absolute atomic E-state index is 4.02. The Bertz CT molecular complexity index is 145. The monoisotopic (exact) mass is 230 g/mol. The Balaban J connectivity index is 2.46. The lowest BCUT2D eigenvalue weighted by molar-refractivity contribution is 0.279. The Labute approximate surface area is 84.6 Å². The number of allylic oxidation sites excluding steroid dienone is 1. The van der Waals surface area contributed by atoms with Gasteiger partial charge in [0.15, 0.2) is 0 Å². The summed E-state index contributed by atoms with van der Waals surface area (Å²) >= 11 is 3.54. The van der Waals surface area contributed by atoms with Crippen LogP contribution in [0.1, 0.15) is 45.4 Å². The van der Waals surface area contributed by atoms with Gasteiger partial charge in [0.2, 0.25) is 0 Å². The molecule has 1 rings (SSSR count). The molecule has 0 aromatic carbocycles. The quantitative estimate of drug-likeness (QED) is 0.670. The van der Waals surface area contributed by atoms with Gasteiger partial charge in [-0.15, -0.1) is 0 Å². The van der Waals surface area contributed by atoms with Crippen molar-refractivity contribution in [3.63, 3.8) is 0 Å². The minimum absolute atomic E-state index is 0.727. The van der Waals surface area contributed by atoms with Gasteiger partial charge in [-0.1, -0.05) is 48.7 Å². The van der Waals surface area contributed by atoms with Crippen LogP contribution in [0, 0.1) is 11.8 Å². The van der Waals surface area contributed by atoms with Gasteiger partial charge in [0.05, 0.1) is 0 Å². The molecule has 0 amide bonds. The summed E-state index contributed by atoms with van der Waals surface area (Å²) in [6, 6.07) is 0. The molecular formula is C11H19Br. The fourth-order valence-electron chi connectivity index (χ4n) is 2.35. The van der Waals surface area contributed by atoms with Crippen LogP contribution in [-0.2, 0) is 0 Å². The van der Waals surface area contributed by atoms with Crippen LogP contribution >= 0.6 is 15.9 Å². The van der Waals surface area contributed by atoms with Crippen molar-refractivity contribution < 1.29 is 0 Å². The van der Waals surface area contributed by atoms with E-state index in [0.29, 0.717) is 0 Å². The third-order valence-corrected chi connectivity index (χ3v) is 3.65. The van der Waals surface area contributed by atoms with Gasteiger partial charge in [0.1, 0.15) is 0 Å². The van der Waals surface area contributed by atoms with E-state index >= 15 is 0 Å². The van der Waals surface area contributed by atoms with Crippen LogP contribution in [0.5, 0.6) is 0 Å². The Morgan fingerprint density at radius 3 is 2.42 bits per heavy atom. The van der Waals surface area contributed by atoms with E-state index in [1.165, 1.54) is 43.0 Å². The van der Waals surface area contributed by atoms with Crippen molar-refractivity contribution in [2.24, 2.45) is 11.8 Å². The summed E-state index contributed by atoms with van der Waals surface area (Å²) in [7, 11) is 0. The van der Waals surface area contributed by atoms with Gasteiger partial charge in [-0.3, -0.25) is 0 Å². The fourth-order valence-corrected chi connectivity index (χ4v) is 3.04. The van der Waals surface area contributed by atoms with E-state index in [2.05, 4.69) is 29.4 Å². The van der Waals surface area contributed by atoms with Crippen molar-refractivity contribution >= 4 is 15.9 Å². The fraction of sp³-hybridized carbons (Fsp3) is 0.818. The highest BCUT2D eigenvalue weighted by Crippen LogP contribution is 2.36. The van der Waals surface area contributed by atoms with Crippen molar-refractivity contribution in [2.75, 3.05) is 0 Å². The molecule has 1 saturated carbocycles. The second-order valence-electron chi connectivity index (χ2n) is 3.86. The maximum Gasteiger partial charge on any atom is -0.00759 e. The molecule has 1 atom stereocenters. The molecule has 0 heterocycles. The molecule has 0 bridgehead atoms. The summed E-state index contributed by atoms with van der Waals surface area (Å²) in [6.45, 7) is 6.29. The van der Waals surface area contributed by atoms with Gasteiger partial charge in [-0.25, -0.2) is 0 Å². The molecule has 0 aliphatic heterocycles. The first kappa shape index (κ1) is 10.3. The highest BCUT2D eigenvalue weighted by molar-refractivity contribution is 9.11. The smallest absolute Gasteiger partial charge is 0.00759 e. The van der Waals surface area contributed by atoms with E-state index in [-0.39, 0.29) is 0 Å². The highest BCUT2D eigenvalue weighted by atomic mass is 79.9. The average molecular weight is 231 g/mol. The third kappa shape index (κ3) is 2.62. The molecule has 12 heavy (non-hydrogen) atoms. The minimum Gasteiger partial charge on any atom is -0.0886 e. The van der Waals surface area contributed by atoms with Gasteiger partial charge in [-0.2, -0.15) is 0 Å². The molecule has 0 unspecified atom stereocenters. The van der Waals surface area contributed by atoms with E-state index < -0.39 is 0 Å². The topological polar surface area (TPSA) is 0 Å². The molecule has 0 radical (unpaired) electrons. The molecule has 0 aromatic heterocycles. The molecule has 0 spiro atoms. The summed E-state index contributed by atoms with van der Waals surface area (Å²) in [5.41, 5.74) is 0. The lowest BCUT2D eigenvalue weighted by Crippen LogP contribution is -2.17. The Kier molecular flexibility index (Phi) is 4.34. The van der Waals surface area contributed by atoms with Crippen LogP contribution in [-0.4, -0.2) is 0 Å². The van der Waals surface area contributed by atoms with Crippen LogP contribution in [0.25, 0.3) is 0 Å². The van der Waals surface area contributed by atoms with E-state index in [0.717, 1.165) is 11.8 Å². The first-order valence-corrected chi connectivity index (χ1v) is 5.89. The van der Waals surface area contributed by atoms with Crippen LogP contribution in [0.4, 0.5) is 0 Å². The summed E-state index contributed by atoms with van der Waals surface area (Å²) in [6.07, 6.45) is 8.39. The Morgan fingerprint density at radius 2 is 2.00 bits per heavy atom. The molecule has 0 saturated heterocycles. The predicted octanol–water partition coefficient (Wildman–Crippen LogP) is 4.50. The van der Waals surface area contributed by atoms with Gasteiger partial charge >= 0.3 is 0 Å². The molecular weight excluding hydrogens is 212 g/mol. The normalized spacial score (nSPS) is 22.2. The van der Waals surface area contributed by atoms with E-state index in [1.807, 2.05) is 0 Å². The standard InChI is InChI=1S/C11H19Br/c1-3-11(9(2)12)10-7-5-4-6-8-10/h10-11H,2-8H2,1H3/t11-/m0/s1. The van der Waals surface area contributed by atoms with E-state index in [4.69, 9.17) is 0 Å². The van der Waals surface area contributed by atoms with E-state index in [1.54, 1.807) is 0 Å². The SMILES string of the molecule is C=C(Br)[C@H](CC)C1CCCCC1. The molecule has 1 aliphatic rings. The molecule has 1 fully saturated rings. The largest absolute Gasteiger partial charge is 0.0886 e. The highest BCUT2D eigenvalue weighted by Gasteiger charge is 2.22. The van der Waals surface area contributed by atoms with Crippen molar-refractivity contribution in [1.82, 2.24) is 0 Å². The molecule has 0 N–H and O–H groups in total. The lowest BCUT2D eigenvalue weighted by Gasteiger charge is -2.29. The van der Waals surface area contributed by atoms with Crippen LogP contribution in [0.2, 0.25) is 0 Å². The van der Waals surface area contributed by atoms with Crippen molar-refractivity contribution in [3.8, 4) is 0 Å². The molecule has 1 heteroatoms. The Hall–Kier alpha value is 0.220. The summed E-state index contributed by atoms with van der Waals surface area (Å²) in [5.74, 6) is 1.64. The zero-order valence-electron chi connectivity index (χ0n) is 7.98. The summed E-state index contributed by atoms with van der Waals surface area (Å²) in [5, 5.41) is 0. The molecule has 70 valence electrons. The molecule has 1 aliphatic carbocycles. The number of rotatable bonds is 3. The number of hydrogen-bond acceptors (Lipinski definition) is 0. The molecule has 0 nitrogen and oxygen atoms in total. The first-order chi connectivity index (χ1) is 5.75. The van der Waals surface area contributed by atoms with Gasteiger partial charge in [0, 0.05) is 0 Å². The van der Waals surface area contributed by atoms with Gasteiger partial charge in [0.25, 0.3) is 0 Å². The predicted molar refractivity (Wildman–Crippen MR) is 58.4 cm³/mol. The molecule has 0 aromatic rings. The van der Waals surface area contributed by atoms with Gasteiger partial charge in [-0.05, 0) is 35.6 Å². The summed E-state index contributed by atoms with van der Waals surface area (Å²) in [4.78, 5) is 0. The summed E-state index contributed by atoms with van der Waals surface area (Å²) < 4.78 is 1.22. The van der Waals surface area contributed by atoms with Crippen LogP contribution < -0.4 is 0 Å². The van der Waals surface area contributed by atoms with E-state index in [9.17, 15) is 0 Å². The number of halogens is 1. The first-order valence-electron chi connectivity index (χ1n) is 5.10. The Morgan fingerprint density at radius 1 is 1.42 bits per heavy atom. The second-order valence-corrected chi connectivity index (χ2v) is 4.88. The van der Waals surface area contributed by atoms with Gasteiger partial charge < -0.3 is 0 Å². The average Bonchev–Trinajstić information content (AvgIpc) is 2.07. The minimum atomic E-state index is 0.727.